The normalized spacial score (nSPS) is 28.1. The summed E-state index contributed by atoms with van der Waals surface area (Å²) in [6.45, 7) is 1.85. The number of likely N-dealkylation sites (N-methyl/N-ethyl adjacent to an activating group) is 1. The van der Waals surface area contributed by atoms with E-state index in [0.29, 0.717) is 17.5 Å². The van der Waals surface area contributed by atoms with Gasteiger partial charge in [0.15, 0.2) is 17.2 Å². The Morgan fingerprint density at radius 1 is 1.17 bits per heavy atom. The summed E-state index contributed by atoms with van der Waals surface area (Å²) in [6.07, 6.45) is 0.905. The molecule has 0 aliphatic heterocycles. The molecule has 0 saturated carbocycles. The molecule has 0 saturated heterocycles. The van der Waals surface area contributed by atoms with Gasteiger partial charge in [-0.05, 0) is 57.0 Å². The van der Waals surface area contributed by atoms with Gasteiger partial charge in [0.25, 0.3) is 5.91 Å². The largest absolute Gasteiger partial charge is 0.510 e. The van der Waals surface area contributed by atoms with Crippen molar-refractivity contribution < 1.29 is 39.6 Å². The first-order chi connectivity index (χ1) is 16.4. The van der Waals surface area contributed by atoms with E-state index in [1.54, 1.807) is 14.1 Å². The number of hydrogen-bond acceptors (Lipinski definition) is 9. The molecule has 6 N–H and O–H groups in total. The molecule has 0 aromatic heterocycles. The molecule has 0 heterocycles. The van der Waals surface area contributed by atoms with Crippen molar-refractivity contribution in [3.8, 4) is 5.75 Å². The first-order valence-electron chi connectivity index (χ1n) is 11.4. The van der Waals surface area contributed by atoms with Gasteiger partial charge >= 0.3 is 0 Å². The fourth-order valence-electron chi connectivity index (χ4n) is 5.87. The van der Waals surface area contributed by atoms with Crippen LogP contribution in [0.2, 0.25) is 0 Å². The standard InChI is InChI=1S/C25H28N2O8/c1-4-5-14(28)11-6-7-15(29)17-12(11)8-10-9-13-19(27(2)3)21(31)18(24(26)34)23(33)25(13,35)22(32)16(10)20(17)30/h6-7,10,13,19,29,31-32,35H,4-5,8-9H2,1-3H3,(H2,26,34)/t10-,13-,19-,25-/m0/s1. The Kier molecular flexibility index (Phi) is 5.85. The zero-order valence-corrected chi connectivity index (χ0v) is 19.7. The first kappa shape index (κ1) is 24.6. The number of allylic oxidation sites excluding steroid dienone is 1. The monoisotopic (exact) mass is 484 g/mol. The SMILES string of the molecule is CCCC(=O)c1ccc(O)c2c1C[C@H]1C[C@H]3[C@H](N(C)C)C(O)=C(C(N)=O)C(=O)[C@@]3(O)C(O)=C1C2=O. The molecule has 1 aromatic carbocycles. The van der Waals surface area contributed by atoms with Gasteiger partial charge in [-0.2, -0.15) is 0 Å². The van der Waals surface area contributed by atoms with E-state index in [0.717, 1.165) is 0 Å². The molecule has 35 heavy (non-hydrogen) atoms. The number of primary amides is 1. The summed E-state index contributed by atoms with van der Waals surface area (Å²) < 4.78 is 0. The van der Waals surface area contributed by atoms with E-state index in [-0.39, 0.29) is 41.9 Å². The van der Waals surface area contributed by atoms with Crippen LogP contribution in [0.4, 0.5) is 0 Å². The van der Waals surface area contributed by atoms with Crippen molar-refractivity contribution in [2.75, 3.05) is 14.1 Å². The van der Waals surface area contributed by atoms with E-state index in [9.17, 15) is 39.6 Å². The molecule has 10 heteroatoms. The molecule has 1 amide bonds. The van der Waals surface area contributed by atoms with Gasteiger partial charge in [-0.15, -0.1) is 0 Å². The Morgan fingerprint density at radius 2 is 1.83 bits per heavy atom. The summed E-state index contributed by atoms with van der Waals surface area (Å²) in [7, 11) is 3.12. The number of nitrogens with zero attached hydrogens (tertiary/aromatic N) is 1. The van der Waals surface area contributed by atoms with Crippen LogP contribution in [-0.2, 0) is 16.0 Å². The number of benzene rings is 1. The van der Waals surface area contributed by atoms with Gasteiger partial charge in [0.1, 0.15) is 22.8 Å². The quantitative estimate of drug-likeness (QED) is 0.302. The van der Waals surface area contributed by atoms with Crippen LogP contribution in [0.25, 0.3) is 0 Å². The highest BCUT2D eigenvalue weighted by atomic mass is 16.3. The average Bonchev–Trinajstić information content (AvgIpc) is 2.76. The van der Waals surface area contributed by atoms with Crippen molar-refractivity contribution in [3.63, 3.8) is 0 Å². The molecule has 3 aliphatic carbocycles. The minimum atomic E-state index is -2.68. The molecular formula is C25H28N2O8. The van der Waals surface area contributed by atoms with Crippen molar-refractivity contribution in [2.45, 2.75) is 44.2 Å². The van der Waals surface area contributed by atoms with E-state index in [1.807, 2.05) is 6.92 Å². The molecule has 10 nitrogen and oxygen atoms in total. The summed E-state index contributed by atoms with van der Waals surface area (Å²) in [6, 6.07) is 1.64. The fourth-order valence-corrected chi connectivity index (χ4v) is 5.87. The second-order valence-corrected chi connectivity index (χ2v) is 9.62. The molecular weight excluding hydrogens is 456 g/mol. The van der Waals surface area contributed by atoms with Gasteiger partial charge in [-0.25, -0.2) is 0 Å². The van der Waals surface area contributed by atoms with E-state index in [2.05, 4.69) is 0 Å². The van der Waals surface area contributed by atoms with Crippen LogP contribution in [0.3, 0.4) is 0 Å². The van der Waals surface area contributed by atoms with Crippen LogP contribution >= 0.6 is 0 Å². The van der Waals surface area contributed by atoms with Crippen LogP contribution in [-0.4, -0.2) is 74.3 Å². The first-order valence-corrected chi connectivity index (χ1v) is 11.4. The van der Waals surface area contributed by atoms with Gasteiger partial charge in [-0.3, -0.25) is 24.1 Å². The fraction of sp³-hybridized carbons (Fsp3) is 0.440. The Hall–Kier alpha value is -3.50. The zero-order chi connectivity index (χ0) is 26.0. The average molecular weight is 485 g/mol. The molecule has 4 rings (SSSR count). The summed E-state index contributed by atoms with van der Waals surface area (Å²) in [5.74, 6) is -7.32. The highest BCUT2D eigenvalue weighted by molar-refractivity contribution is 6.25. The molecule has 0 unspecified atom stereocenters. The number of aliphatic hydroxyl groups excluding tert-OH is 2. The van der Waals surface area contributed by atoms with E-state index >= 15 is 0 Å². The molecule has 0 bridgehead atoms. The predicted molar refractivity (Wildman–Crippen MR) is 123 cm³/mol. The maximum absolute atomic E-state index is 13.6. The van der Waals surface area contributed by atoms with Gasteiger partial charge < -0.3 is 26.2 Å². The number of carbonyl (C=O) groups excluding carboxylic acids is 4. The molecule has 3 aliphatic rings. The van der Waals surface area contributed by atoms with Gasteiger partial charge in [0, 0.05) is 23.5 Å². The molecule has 0 fully saturated rings. The number of carbonyl (C=O) groups is 4. The molecule has 0 spiro atoms. The summed E-state index contributed by atoms with van der Waals surface area (Å²) in [5, 5.41) is 44.0. The Balaban J connectivity index is 1.95. The number of amides is 1. The van der Waals surface area contributed by atoms with Crippen LogP contribution in [0, 0.1) is 11.8 Å². The summed E-state index contributed by atoms with van der Waals surface area (Å²) in [5.41, 5.74) is 2.01. The number of fused-ring (bicyclic) bond motifs is 3. The lowest BCUT2D eigenvalue weighted by atomic mass is 9.58. The van der Waals surface area contributed by atoms with E-state index in [1.165, 1.54) is 17.0 Å². The van der Waals surface area contributed by atoms with Crippen molar-refractivity contribution in [3.05, 3.63) is 51.5 Å². The second kappa shape index (κ2) is 8.31. The van der Waals surface area contributed by atoms with Crippen LogP contribution in [0.15, 0.2) is 34.8 Å². The highest BCUT2D eigenvalue weighted by Crippen LogP contribution is 2.52. The number of aliphatic hydroxyl groups is 3. The van der Waals surface area contributed by atoms with Gasteiger partial charge in [0.05, 0.1) is 11.6 Å². The second-order valence-electron chi connectivity index (χ2n) is 9.62. The summed E-state index contributed by atoms with van der Waals surface area (Å²) >= 11 is 0. The van der Waals surface area contributed by atoms with E-state index < -0.39 is 58.0 Å². The maximum Gasteiger partial charge on any atom is 0.255 e. The minimum absolute atomic E-state index is 0.0250. The number of rotatable bonds is 5. The number of nitrogens with two attached hydrogens (primary N) is 1. The molecule has 4 atom stereocenters. The Bertz CT molecular complexity index is 1240. The number of hydrogen-bond donors (Lipinski definition) is 5. The minimum Gasteiger partial charge on any atom is -0.510 e. The van der Waals surface area contributed by atoms with Crippen molar-refractivity contribution in [1.29, 1.82) is 0 Å². The van der Waals surface area contributed by atoms with Crippen LogP contribution in [0.5, 0.6) is 5.75 Å². The smallest absolute Gasteiger partial charge is 0.255 e. The number of Topliss-reactive ketones (excluding diaryl/α,β-unsaturated/α-hetero) is 3. The third-order valence-electron chi connectivity index (χ3n) is 7.38. The van der Waals surface area contributed by atoms with Crippen molar-refractivity contribution >= 4 is 23.3 Å². The predicted octanol–water partition coefficient (Wildman–Crippen LogP) is 1.10. The Morgan fingerprint density at radius 3 is 2.40 bits per heavy atom. The van der Waals surface area contributed by atoms with Crippen LogP contribution in [0.1, 0.15) is 52.5 Å². The zero-order valence-electron chi connectivity index (χ0n) is 19.7. The molecule has 186 valence electrons. The number of phenols is 1. The highest BCUT2D eigenvalue weighted by Gasteiger charge is 2.63. The third-order valence-corrected chi connectivity index (χ3v) is 7.38. The Labute approximate surface area is 201 Å². The van der Waals surface area contributed by atoms with E-state index in [4.69, 9.17) is 5.73 Å². The van der Waals surface area contributed by atoms with Crippen molar-refractivity contribution in [2.24, 2.45) is 17.6 Å². The lowest BCUT2D eigenvalue weighted by Crippen LogP contribution is -2.63. The molecule has 1 aromatic rings. The maximum atomic E-state index is 13.6. The van der Waals surface area contributed by atoms with Crippen molar-refractivity contribution in [1.82, 2.24) is 4.90 Å². The summed E-state index contributed by atoms with van der Waals surface area (Å²) in [4.78, 5) is 53.0. The number of aromatic hydroxyl groups is 1. The third kappa shape index (κ3) is 3.31. The van der Waals surface area contributed by atoms with Gasteiger partial charge in [0.2, 0.25) is 5.78 Å². The number of ketones is 3. The molecule has 0 radical (unpaired) electrons. The van der Waals surface area contributed by atoms with Crippen LogP contribution < -0.4 is 5.73 Å². The number of phenolic OH excluding ortho intramolecular Hbond substituents is 1. The topological polar surface area (TPSA) is 178 Å². The lowest BCUT2D eigenvalue weighted by molar-refractivity contribution is -0.148. The van der Waals surface area contributed by atoms with Gasteiger partial charge in [-0.1, -0.05) is 6.92 Å². The lowest BCUT2D eigenvalue weighted by Gasteiger charge is -2.50.